The Morgan fingerprint density at radius 2 is 2.19 bits per heavy atom. The van der Waals surface area contributed by atoms with Gasteiger partial charge in [-0.15, -0.1) is 11.8 Å². The van der Waals surface area contributed by atoms with Crippen molar-refractivity contribution in [2.45, 2.75) is 4.90 Å². The van der Waals surface area contributed by atoms with E-state index in [4.69, 9.17) is 4.74 Å². The quantitative estimate of drug-likeness (QED) is 0.769. The number of aliphatic hydroxyl groups excluding tert-OH is 1. The minimum absolute atomic E-state index is 0.0779. The van der Waals surface area contributed by atoms with Crippen molar-refractivity contribution in [2.24, 2.45) is 5.41 Å². The summed E-state index contributed by atoms with van der Waals surface area (Å²) in [6.07, 6.45) is 2.06. The predicted octanol–water partition coefficient (Wildman–Crippen LogP) is 1.83. The maximum absolute atomic E-state index is 9.32. The first kappa shape index (κ1) is 11.8. The molecule has 1 aromatic carbocycles. The van der Waals surface area contributed by atoms with E-state index in [1.807, 2.05) is 12.1 Å². The lowest BCUT2D eigenvalue weighted by Crippen LogP contribution is -2.50. The second kappa shape index (κ2) is 5.08. The molecule has 3 nitrogen and oxygen atoms in total. The molecular formula is C12H17NO2S. The monoisotopic (exact) mass is 239 g/mol. The number of thioether (sulfide) groups is 1. The van der Waals surface area contributed by atoms with Gasteiger partial charge in [0.25, 0.3) is 0 Å². The number of aliphatic hydroxyl groups is 1. The molecule has 0 aliphatic carbocycles. The third-order valence-electron chi connectivity index (χ3n) is 2.91. The Balaban J connectivity index is 1.98. The Morgan fingerprint density at radius 1 is 1.44 bits per heavy atom. The Kier molecular flexibility index (Phi) is 3.74. The largest absolute Gasteiger partial charge is 0.396 e. The maximum Gasteiger partial charge on any atom is 0.0584 e. The number of hydrogen-bond acceptors (Lipinski definition) is 4. The Morgan fingerprint density at radius 3 is 2.75 bits per heavy atom. The Labute approximate surface area is 100 Å². The summed E-state index contributed by atoms with van der Waals surface area (Å²) in [5, 5.41) is 12.7. The van der Waals surface area contributed by atoms with Crippen molar-refractivity contribution in [1.82, 2.24) is 0 Å². The van der Waals surface area contributed by atoms with E-state index in [0.717, 1.165) is 12.2 Å². The molecule has 0 atom stereocenters. The zero-order valence-electron chi connectivity index (χ0n) is 9.40. The molecule has 88 valence electrons. The lowest BCUT2D eigenvalue weighted by Gasteiger charge is -2.40. The van der Waals surface area contributed by atoms with Crippen LogP contribution in [0.2, 0.25) is 0 Å². The molecule has 16 heavy (non-hydrogen) atoms. The zero-order valence-corrected chi connectivity index (χ0v) is 10.2. The van der Waals surface area contributed by atoms with Gasteiger partial charge in [0.2, 0.25) is 0 Å². The molecule has 0 unspecified atom stereocenters. The molecule has 0 spiro atoms. The molecule has 1 aliphatic heterocycles. The average molecular weight is 239 g/mol. The van der Waals surface area contributed by atoms with E-state index in [-0.39, 0.29) is 12.0 Å². The number of para-hydroxylation sites is 1. The second-order valence-electron chi connectivity index (χ2n) is 4.20. The van der Waals surface area contributed by atoms with Gasteiger partial charge in [0, 0.05) is 17.1 Å². The van der Waals surface area contributed by atoms with E-state index in [0.29, 0.717) is 13.2 Å². The first-order valence-electron chi connectivity index (χ1n) is 5.35. The van der Waals surface area contributed by atoms with Gasteiger partial charge in [0.15, 0.2) is 0 Å². The lowest BCUT2D eigenvalue weighted by atomic mass is 9.87. The average Bonchev–Trinajstić information content (AvgIpc) is 2.29. The second-order valence-corrected chi connectivity index (χ2v) is 5.05. The number of hydrogen-bond donors (Lipinski definition) is 2. The summed E-state index contributed by atoms with van der Waals surface area (Å²) in [5.74, 6) is 0. The fourth-order valence-electron chi connectivity index (χ4n) is 1.71. The van der Waals surface area contributed by atoms with Gasteiger partial charge in [-0.25, -0.2) is 0 Å². The van der Waals surface area contributed by atoms with E-state index in [2.05, 4.69) is 23.7 Å². The zero-order chi connectivity index (χ0) is 11.4. The van der Waals surface area contributed by atoms with Crippen molar-refractivity contribution in [3.05, 3.63) is 24.3 Å². The summed E-state index contributed by atoms with van der Waals surface area (Å²) in [4.78, 5) is 1.23. The first-order chi connectivity index (χ1) is 7.79. The maximum atomic E-state index is 9.32. The molecule has 1 aliphatic rings. The predicted molar refractivity (Wildman–Crippen MR) is 67.1 cm³/mol. The molecular weight excluding hydrogens is 222 g/mol. The van der Waals surface area contributed by atoms with E-state index >= 15 is 0 Å². The summed E-state index contributed by atoms with van der Waals surface area (Å²) in [6.45, 7) is 2.25. The highest BCUT2D eigenvalue weighted by molar-refractivity contribution is 7.98. The standard InChI is InChI=1S/C12H17NO2S/c1-16-11-5-3-2-4-10(11)13-6-12(7-14)8-15-9-12/h2-5,13-14H,6-9H2,1H3. The third-order valence-corrected chi connectivity index (χ3v) is 3.71. The molecule has 4 heteroatoms. The van der Waals surface area contributed by atoms with E-state index in [1.165, 1.54) is 4.90 Å². The highest BCUT2D eigenvalue weighted by Crippen LogP contribution is 2.30. The minimum atomic E-state index is -0.0779. The lowest BCUT2D eigenvalue weighted by molar-refractivity contribution is -0.128. The van der Waals surface area contributed by atoms with Crippen LogP contribution in [0.15, 0.2) is 29.2 Å². The van der Waals surface area contributed by atoms with Crippen LogP contribution in [-0.4, -0.2) is 37.7 Å². The summed E-state index contributed by atoms with van der Waals surface area (Å²) < 4.78 is 5.17. The third kappa shape index (κ3) is 2.34. The van der Waals surface area contributed by atoms with Gasteiger partial charge in [-0.05, 0) is 18.4 Å². The van der Waals surface area contributed by atoms with Crippen LogP contribution < -0.4 is 5.32 Å². The van der Waals surface area contributed by atoms with Crippen LogP contribution in [0.5, 0.6) is 0 Å². The van der Waals surface area contributed by atoms with Gasteiger partial charge >= 0.3 is 0 Å². The number of anilines is 1. The van der Waals surface area contributed by atoms with E-state index in [9.17, 15) is 5.11 Å². The first-order valence-corrected chi connectivity index (χ1v) is 6.58. The summed E-state index contributed by atoms with van der Waals surface area (Å²) >= 11 is 1.72. The molecule has 1 saturated heterocycles. The van der Waals surface area contributed by atoms with Gasteiger partial charge in [0.1, 0.15) is 0 Å². The molecule has 0 saturated carbocycles. The van der Waals surface area contributed by atoms with Crippen LogP contribution in [-0.2, 0) is 4.74 Å². The van der Waals surface area contributed by atoms with Crippen molar-refractivity contribution in [3.8, 4) is 0 Å². The van der Waals surface area contributed by atoms with Crippen molar-refractivity contribution in [2.75, 3.05) is 37.9 Å². The highest BCUT2D eigenvalue weighted by atomic mass is 32.2. The topological polar surface area (TPSA) is 41.5 Å². The summed E-state index contributed by atoms with van der Waals surface area (Å²) in [6, 6.07) is 8.21. The molecule has 0 amide bonds. The van der Waals surface area contributed by atoms with Gasteiger partial charge in [-0.2, -0.15) is 0 Å². The van der Waals surface area contributed by atoms with Crippen LogP contribution in [0.4, 0.5) is 5.69 Å². The molecule has 1 fully saturated rings. The van der Waals surface area contributed by atoms with Crippen molar-refractivity contribution in [3.63, 3.8) is 0 Å². The molecule has 2 rings (SSSR count). The smallest absolute Gasteiger partial charge is 0.0584 e. The summed E-state index contributed by atoms with van der Waals surface area (Å²) in [7, 11) is 0. The fourth-order valence-corrected chi connectivity index (χ4v) is 2.29. The van der Waals surface area contributed by atoms with Crippen molar-refractivity contribution in [1.29, 1.82) is 0 Å². The Hall–Kier alpha value is -0.710. The van der Waals surface area contributed by atoms with E-state index in [1.54, 1.807) is 11.8 Å². The van der Waals surface area contributed by atoms with E-state index < -0.39 is 0 Å². The molecule has 1 heterocycles. The SMILES string of the molecule is CSc1ccccc1NCC1(CO)COC1. The number of ether oxygens (including phenoxy) is 1. The number of nitrogens with one attached hydrogen (secondary N) is 1. The normalized spacial score (nSPS) is 17.9. The van der Waals surface area contributed by atoms with Crippen LogP contribution in [0.25, 0.3) is 0 Å². The molecule has 0 bridgehead atoms. The van der Waals surface area contributed by atoms with Gasteiger partial charge in [-0.3, -0.25) is 0 Å². The van der Waals surface area contributed by atoms with Gasteiger partial charge in [0.05, 0.1) is 25.2 Å². The van der Waals surface area contributed by atoms with Crippen molar-refractivity contribution < 1.29 is 9.84 Å². The van der Waals surface area contributed by atoms with Crippen LogP contribution in [0.3, 0.4) is 0 Å². The van der Waals surface area contributed by atoms with Gasteiger partial charge in [-0.1, -0.05) is 12.1 Å². The van der Waals surface area contributed by atoms with Crippen LogP contribution in [0.1, 0.15) is 0 Å². The summed E-state index contributed by atoms with van der Waals surface area (Å²) in [5.41, 5.74) is 1.06. The molecule has 0 radical (unpaired) electrons. The molecule has 1 aromatic rings. The van der Waals surface area contributed by atoms with Crippen molar-refractivity contribution >= 4 is 17.4 Å². The molecule has 2 N–H and O–H groups in total. The van der Waals surface area contributed by atoms with Crippen LogP contribution in [0, 0.1) is 5.41 Å². The fraction of sp³-hybridized carbons (Fsp3) is 0.500. The Bertz CT molecular complexity index is 347. The number of rotatable bonds is 5. The van der Waals surface area contributed by atoms with Crippen LogP contribution >= 0.6 is 11.8 Å². The highest BCUT2D eigenvalue weighted by Gasteiger charge is 2.37. The number of benzene rings is 1. The van der Waals surface area contributed by atoms with Gasteiger partial charge < -0.3 is 15.2 Å². The minimum Gasteiger partial charge on any atom is -0.396 e. The molecule has 0 aromatic heterocycles.